The summed E-state index contributed by atoms with van der Waals surface area (Å²) in [4.78, 5) is 42.1. The lowest BCUT2D eigenvalue weighted by atomic mass is 10.0. The quantitative estimate of drug-likeness (QED) is 0.465. The summed E-state index contributed by atoms with van der Waals surface area (Å²) in [5.41, 5.74) is 2.05. The average molecular weight is 537 g/mol. The Hall–Kier alpha value is -4.47. The van der Waals surface area contributed by atoms with Crippen LogP contribution in [-0.2, 0) is 13.2 Å². The number of likely N-dealkylation sites (N-methyl/N-ethyl adjacent to an activating group) is 1. The van der Waals surface area contributed by atoms with E-state index in [1.165, 1.54) is 21.8 Å². The Morgan fingerprint density at radius 2 is 1.85 bits per heavy atom. The summed E-state index contributed by atoms with van der Waals surface area (Å²) in [5.74, 6) is -3.17. The molecule has 4 rings (SSSR count). The topological polar surface area (TPSA) is 92.7 Å². The number of ether oxygens (including phenoxy) is 1. The van der Waals surface area contributed by atoms with E-state index in [4.69, 9.17) is 4.74 Å². The maximum absolute atomic E-state index is 14.1. The smallest absolute Gasteiger partial charge is 0.276 e. The molecule has 0 unspecified atom stereocenters. The molecule has 39 heavy (non-hydrogen) atoms. The molecule has 204 valence electrons. The van der Waals surface area contributed by atoms with Gasteiger partial charge in [-0.1, -0.05) is 48.6 Å². The molecule has 0 aliphatic carbocycles. The Kier molecular flexibility index (Phi) is 7.85. The van der Waals surface area contributed by atoms with Crippen LogP contribution in [0.1, 0.15) is 52.7 Å². The fourth-order valence-corrected chi connectivity index (χ4v) is 4.03. The Morgan fingerprint density at radius 3 is 2.54 bits per heavy atom. The highest BCUT2D eigenvalue weighted by molar-refractivity contribution is 5.99. The molecule has 1 aliphatic rings. The van der Waals surface area contributed by atoms with Crippen LogP contribution in [0, 0.1) is 11.6 Å². The van der Waals surface area contributed by atoms with E-state index >= 15 is 0 Å². The Balaban J connectivity index is 1.79. The van der Waals surface area contributed by atoms with Gasteiger partial charge in [0.1, 0.15) is 23.8 Å². The first-order valence-electron chi connectivity index (χ1n) is 12.4. The highest BCUT2D eigenvalue weighted by atomic mass is 19.1. The number of pyridine rings is 1. The van der Waals surface area contributed by atoms with E-state index in [0.29, 0.717) is 6.07 Å². The monoisotopic (exact) mass is 536 g/mol. The van der Waals surface area contributed by atoms with Crippen molar-refractivity contribution in [3.8, 4) is 5.75 Å². The van der Waals surface area contributed by atoms with Crippen LogP contribution in [0.3, 0.4) is 0 Å². The van der Waals surface area contributed by atoms with Crippen LogP contribution in [0.2, 0.25) is 0 Å². The zero-order chi connectivity index (χ0) is 28.3. The summed E-state index contributed by atoms with van der Waals surface area (Å²) < 4.78 is 34.6. The fourth-order valence-electron chi connectivity index (χ4n) is 4.03. The van der Waals surface area contributed by atoms with E-state index in [0.717, 1.165) is 11.6 Å². The van der Waals surface area contributed by atoms with Crippen LogP contribution in [0.4, 0.5) is 8.78 Å². The molecule has 0 saturated carbocycles. The standard InChI is InChI=1S/C29H30F2N4O4/c1-18-12-13-29(2,3)34(4)28(38)24-26(39-17-19-8-6-5-7-9-19)25(36)22(16-35(24)33-18)27(37)32-15-20-10-11-21(30)14-23(20)31/h5-14,16,18,33H,15,17H2,1-4H3,(H,32,37)/b13-12-/t18-/m1/s1. The van der Waals surface area contributed by atoms with Gasteiger partial charge in [-0.25, -0.2) is 8.78 Å². The number of benzene rings is 2. The van der Waals surface area contributed by atoms with Gasteiger partial charge in [-0.15, -0.1) is 0 Å². The van der Waals surface area contributed by atoms with Crippen molar-refractivity contribution < 1.29 is 23.1 Å². The number of fused-ring (bicyclic) bond motifs is 1. The zero-order valence-corrected chi connectivity index (χ0v) is 22.1. The molecule has 2 amide bonds. The molecule has 1 aliphatic heterocycles. The SMILES string of the molecule is C[C@@H]1/C=C\C(C)(C)N(C)C(=O)c2c(OCc3ccccc3)c(=O)c(C(=O)NCc3ccc(F)cc3F)cn2N1. The lowest BCUT2D eigenvalue weighted by Gasteiger charge is -2.33. The molecule has 2 heterocycles. The van der Waals surface area contributed by atoms with Gasteiger partial charge in [-0.3, -0.25) is 19.1 Å². The Bertz CT molecular complexity index is 1480. The van der Waals surface area contributed by atoms with Crippen molar-refractivity contribution in [3.63, 3.8) is 0 Å². The van der Waals surface area contributed by atoms with Crippen molar-refractivity contribution in [2.45, 2.75) is 45.5 Å². The molecule has 2 aromatic carbocycles. The van der Waals surface area contributed by atoms with Crippen molar-refractivity contribution in [1.29, 1.82) is 0 Å². The lowest BCUT2D eigenvalue weighted by Crippen LogP contribution is -2.45. The number of amides is 2. The van der Waals surface area contributed by atoms with Crippen LogP contribution < -0.4 is 20.9 Å². The Morgan fingerprint density at radius 1 is 1.13 bits per heavy atom. The maximum Gasteiger partial charge on any atom is 0.276 e. The van der Waals surface area contributed by atoms with Gasteiger partial charge in [-0.05, 0) is 32.4 Å². The van der Waals surface area contributed by atoms with Crippen molar-refractivity contribution in [2.75, 3.05) is 12.5 Å². The Labute approximate surface area is 224 Å². The van der Waals surface area contributed by atoms with Crippen molar-refractivity contribution in [2.24, 2.45) is 0 Å². The predicted molar refractivity (Wildman–Crippen MR) is 143 cm³/mol. The van der Waals surface area contributed by atoms with Gasteiger partial charge >= 0.3 is 0 Å². The minimum absolute atomic E-state index is 0.0247. The second kappa shape index (κ2) is 11.1. The van der Waals surface area contributed by atoms with E-state index in [9.17, 15) is 23.2 Å². The maximum atomic E-state index is 14.1. The lowest BCUT2D eigenvalue weighted by molar-refractivity contribution is 0.0674. The highest BCUT2D eigenvalue weighted by Gasteiger charge is 2.34. The summed E-state index contributed by atoms with van der Waals surface area (Å²) in [5, 5.41) is 2.50. The van der Waals surface area contributed by atoms with E-state index in [2.05, 4.69) is 10.7 Å². The first-order valence-corrected chi connectivity index (χ1v) is 12.4. The number of hydrogen-bond donors (Lipinski definition) is 2. The van der Waals surface area contributed by atoms with Crippen molar-refractivity contribution in [1.82, 2.24) is 14.9 Å². The second-order valence-corrected chi connectivity index (χ2v) is 9.91. The number of nitrogens with zero attached hydrogens (tertiary/aromatic N) is 2. The van der Waals surface area contributed by atoms with E-state index in [1.54, 1.807) is 7.05 Å². The molecule has 1 aromatic heterocycles. The van der Waals surface area contributed by atoms with Gasteiger partial charge in [-0.2, -0.15) is 0 Å². The highest BCUT2D eigenvalue weighted by Crippen LogP contribution is 2.25. The zero-order valence-electron chi connectivity index (χ0n) is 22.1. The normalized spacial score (nSPS) is 17.2. The van der Waals surface area contributed by atoms with Gasteiger partial charge in [0.2, 0.25) is 5.43 Å². The molecule has 1 atom stereocenters. The molecule has 0 spiro atoms. The summed E-state index contributed by atoms with van der Waals surface area (Å²) in [6.07, 6.45) is 4.98. The minimum Gasteiger partial charge on any atom is -0.482 e. The van der Waals surface area contributed by atoms with Gasteiger partial charge in [0.05, 0.1) is 11.6 Å². The molecular formula is C29H30F2N4O4. The number of nitrogens with one attached hydrogen (secondary N) is 2. The first kappa shape index (κ1) is 27.6. The summed E-state index contributed by atoms with van der Waals surface area (Å²) >= 11 is 0. The molecule has 2 N–H and O–H groups in total. The van der Waals surface area contributed by atoms with Crippen LogP contribution >= 0.6 is 0 Å². The van der Waals surface area contributed by atoms with Gasteiger partial charge in [0.25, 0.3) is 11.8 Å². The van der Waals surface area contributed by atoms with Crippen LogP contribution in [0.15, 0.2) is 71.7 Å². The first-order chi connectivity index (χ1) is 18.5. The number of hydrogen-bond acceptors (Lipinski definition) is 5. The molecule has 0 bridgehead atoms. The van der Waals surface area contributed by atoms with Crippen LogP contribution in [-0.4, -0.2) is 40.0 Å². The number of carbonyl (C=O) groups is 2. The minimum atomic E-state index is -0.827. The predicted octanol–water partition coefficient (Wildman–Crippen LogP) is 3.99. The second-order valence-electron chi connectivity index (χ2n) is 9.91. The fraction of sp³-hybridized carbons (Fsp3) is 0.276. The third kappa shape index (κ3) is 6.00. The summed E-state index contributed by atoms with van der Waals surface area (Å²) in [6.45, 7) is 5.27. The molecule has 0 radical (unpaired) electrons. The van der Waals surface area contributed by atoms with Gasteiger partial charge < -0.3 is 20.4 Å². The summed E-state index contributed by atoms with van der Waals surface area (Å²) in [6, 6.07) is 11.8. The molecule has 0 saturated heterocycles. The molecule has 3 aromatic rings. The number of carbonyl (C=O) groups excluding carboxylic acids is 2. The number of aromatic nitrogens is 1. The third-order valence-electron chi connectivity index (χ3n) is 6.60. The molecule has 10 heteroatoms. The summed E-state index contributed by atoms with van der Waals surface area (Å²) in [7, 11) is 1.62. The van der Waals surface area contributed by atoms with Crippen LogP contribution in [0.5, 0.6) is 5.75 Å². The molecule has 8 nitrogen and oxygen atoms in total. The third-order valence-corrected chi connectivity index (χ3v) is 6.60. The number of rotatable bonds is 6. The van der Waals surface area contributed by atoms with Crippen LogP contribution in [0.25, 0.3) is 0 Å². The van der Waals surface area contributed by atoms with E-state index < -0.39 is 34.4 Å². The number of halogens is 2. The largest absolute Gasteiger partial charge is 0.482 e. The van der Waals surface area contributed by atoms with Crippen molar-refractivity contribution in [3.05, 3.63) is 111 Å². The van der Waals surface area contributed by atoms with E-state index in [-0.39, 0.29) is 41.8 Å². The molecular weight excluding hydrogens is 506 g/mol. The average Bonchev–Trinajstić information content (AvgIpc) is 2.93. The van der Waals surface area contributed by atoms with E-state index in [1.807, 2.05) is 63.3 Å². The van der Waals surface area contributed by atoms with Gasteiger partial charge in [0, 0.05) is 31.4 Å². The van der Waals surface area contributed by atoms with Crippen molar-refractivity contribution >= 4 is 11.8 Å². The molecule has 0 fully saturated rings. The van der Waals surface area contributed by atoms with Gasteiger partial charge in [0.15, 0.2) is 11.4 Å².